The van der Waals surface area contributed by atoms with E-state index in [9.17, 15) is 24.6 Å². The highest BCUT2D eigenvalue weighted by atomic mass is 16.5. The maximum atomic E-state index is 13.0. The van der Waals surface area contributed by atoms with Gasteiger partial charge >= 0.3 is 12.0 Å². The Hall–Kier alpha value is -3.69. The zero-order valence-electron chi connectivity index (χ0n) is 18.6. The van der Waals surface area contributed by atoms with E-state index in [-0.39, 0.29) is 16.7 Å². The quantitative estimate of drug-likeness (QED) is 0.445. The molecule has 1 heterocycles. The predicted octanol–water partition coefficient (Wildman–Crippen LogP) is 3.43. The van der Waals surface area contributed by atoms with Crippen LogP contribution in [0, 0.1) is 0 Å². The molecule has 0 aliphatic heterocycles. The summed E-state index contributed by atoms with van der Waals surface area (Å²) in [6, 6.07) is 10.3. The number of para-hydroxylation sites is 1. The number of phenolic OH excluding ortho intramolecular Hbond substituents is 1. The zero-order chi connectivity index (χ0) is 24.2. The molecule has 0 fully saturated rings. The van der Waals surface area contributed by atoms with Gasteiger partial charge in [-0.3, -0.25) is 9.36 Å². The molecule has 0 spiro atoms. The Morgan fingerprint density at radius 1 is 1.12 bits per heavy atom. The van der Waals surface area contributed by atoms with Crippen molar-refractivity contribution in [2.45, 2.75) is 19.3 Å². The first-order valence-electron chi connectivity index (χ1n) is 10.2. The summed E-state index contributed by atoms with van der Waals surface area (Å²) in [5.41, 5.74) is -0.473. The average molecular weight is 454 g/mol. The zero-order valence-corrected chi connectivity index (χ0v) is 18.6. The molecule has 3 aromatic rings. The van der Waals surface area contributed by atoms with Gasteiger partial charge in [-0.1, -0.05) is 32.0 Å². The summed E-state index contributed by atoms with van der Waals surface area (Å²) in [5.74, 6) is -1.45. The Balaban J connectivity index is 1.88. The van der Waals surface area contributed by atoms with Crippen molar-refractivity contribution in [2.24, 2.45) is 0 Å². The SMILES string of the molecule is COCCOCC(C)(C)c1ccc(NC(=O)n2cc(C(=O)O)c(=O)c3ccccc32)cc1O. The number of nitrogens with zero attached hydrogens (tertiary/aromatic N) is 1. The maximum Gasteiger partial charge on any atom is 0.341 e. The van der Waals surface area contributed by atoms with E-state index in [1.807, 2.05) is 13.8 Å². The van der Waals surface area contributed by atoms with E-state index in [4.69, 9.17) is 9.47 Å². The fourth-order valence-electron chi connectivity index (χ4n) is 3.51. The fourth-order valence-corrected chi connectivity index (χ4v) is 3.51. The van der Waals surface area contributed by atoms with Crippen LogP contribution in [0.2, 0.25) is 0 Å². The van der Waals surface area contributed by atoms with E-state index in [2.05, 4.69) is 5.32 Å². The number of pyridine rings is 1. The molecule has 33 heavy (non-hydrogen) atoms. The summed E-state index contributed by atoms with van der Waals surface area (Å²) in [7, 11) is 1.59. The number of phenols is 1. The molecule has 0 bridgehead atoms. The number of nitrogens with one attached hydrogen (secondary N) is 1. The predicted molar refractivity (Wildman–Crippen MR) is 123 cm³/mol. The van der Waals surface area contributed by atoms with Crippen LogP contribution in [0.25, 0.3) is 10.9 Å². The number of anilines is 1. The average Bonchev–Trinajstić information content (AvgIpc) is 2.76. The van der Waals surface area contributed by atoms with Gasteiger partial charge in [-0.05, 0) is 18.2 Å². The van der Waals surface area contributed by atoms with Crippen molar-refractivity contribution < 1.29 is 29.3 Å². The molecule has 0 aliphatic rings. The van der Waals surface area contributed by atoms with Crippen molar-refractivity contribution in [2.75, 3.05) is 32.2 Å². The summed E-state index contributed by atoms with van der Waals surface area (Å²) >= 11 is 0. The van der Waals surface area contributed by atoms with Crippen LogP contribution in [-0.2, 0) is 14.9 Å². The van der Waals surface area contributed by atoms with Gasteiger partial charge in [0.05, 0.1) is 25.3 Å². The number of hydrogen-bond acceptors (Lipinski definition) is 6. The Kier molecular flexibility index (Phi) is 7.15. The number of rotatable bonds is 8. The van der Waals surface area contributed by atoms with Crippen LogP contribution >= 0.6 is 0 Å². The van der Waals surface area contributed by atoms with Gasteiger partial charge in [0.25, 0.3) is 0 Å². The lowest BCUT2D eigenvalue weighted by molar-refractivity contribution is 0.0480. The standard InChI is InChI=1S/C24H26N2O7/c1-24(2,14-33-11-10-32-3)18-9-8-15(12-20(18)27)25-23(31)26-13-17(22(29)30)21(28)16-6-4-5-7-19(16)26/h4-9,12-13,27H,10-11,14H2,1-3H3,(H,25,31)(H,29,30). The third-order valence-electron chi connectivity index (χ3n) is 5.23. The number of benzene rings is 2. The summed E-state index contributed by atoms with van der Waals surface area (Å²) in [6.45, 7) is 5.10. The molecule has 174 valence electrons. The molecule has 9 heteroatoms. The number of aromatic nitrogens is 1. The van der Waals surface area contributed by atoms with Crippen molar-refractivity contribution in [3.05, 3.63) is 70.0 Å². The third kappa shape index (κ3) is 5.21. The normalized spacial score (nSPS) is 11.5. The van der Waals surface area contributed by atoms with Gasteiger partial charge in [-0.15, -0.1) is 0 Å². The molecule has 0 radical (unpaired) electrons. The number of fused-ring (bicyclic) bond motifs is 1. The van der Waals surface area contributed by atoms with E-state index in [0.717, 1.165) is 10.8 Å². The fraction of sp³-hybridized carbons (Fsp3) is 0.292. The van der Waals surface area contributed by atoms with Crippen LogP contribution in [0.1, 0.15) is 29.8 Å². The van der Waals surface area contributed by atoms with E-state index in [1.165, 1.54) is 12.1 Å². The van der Waals surface area contributed by atoms with Crippen LogP contribution in [0.4, 0.5) is 10.5 Å². The van der Waals surface area contributed by atoms with Gasteiger partial charge in [-0.2, -0.15) is 0 Å². The Morgan fingerprint density at radius 2 is 1.85 bits per heavy atom. The minimum atomic E-state index is -1.43. The highest BCUT2D eigenvalue weighted by Gasteiger charge is 2.25. The van der Waals surface area contributed by atoms with Gasteiger partial charge in [0.2, 0.25) is 5.43 Å². The number of methoxy groups -OCH3 is 1. The van der Waals surface area contributed by atoms with E-state index in [1.54, 1.807) is 37.4 Å². The number of aromatic carboxylic acids is 1. The minimum Gasteiger partial charge on any atom is -0.508 e. The molecule has 3 rings (SSSR count). The highest BCUT2D eigenvalue weighted by Crippen LogP contribution is 2.33. The molecule has 9 nitrogen and oxygen atoms in total. The molecule has 1 amide bonds. The van der Waals surface area contributed by atoms with Gasteiger partial charge in [-0.25, -0.2) is 9.59 Å². The second-order valence-corrected chi connectivity index (χ2v) is 8.16. The Bertz CT molecular complexity index is 1250. The summed E-state index contributed by atoms with van der Waals surface area (Å²) in [5, 5.41) is 22.7. The second kappa shape index (κ2) is 9.85. The van der Waals surface area contributed by atoms with Gasteiger partial charge < -0.3 is 25.0 Å². The molecular weight excluding hydrogens is 428 g/mol. The molecule has 2 aromatic carbocycles. The van der Waals surface area contributed by atoms with Gasteiger partial charge in [0, 0.05) is 41.4 Å². The van der Waals surface area contributed by atoms with Crippen LogP contribution in [-0.4, -0.2) is 53.7 Å². The lowest BCUT2D eigenvalue weighted by Gasteiger charge is -2.26. The van der Waals surface area contributed by atoms with Crippen LogP contribution in [0.5, 0.6) is 5.75 Å². The molecule has 0 aliphatic carbocycles. The van der Waals surface area contributed by atoms with Crippen LogP contribution < -0.4 is 10.7 Å². The summed E-state index contributed by atoms with van der Waals surface area (Å²) in [4.78, 5) is 36.9. The number of hydrogen-bond donors (Lipinski definition) is 3. The topological polar surface area (TPSA) is 127 Å². The number of carbonyl (C=O) groups excluding carboxylic acids is 1. The third-order valence-corrected chi connectivity index (χ3v) is 5.23. The van der Waals surface area contributed by atoms with Gasteiger partial charge in [0.1, 0.15) is 11.3 Å². The number of carbonyl (C=O) groups is 2. The van der Waals surface area contributed by atoms with Crippen molar-refractivity contribution in [3.8, 4) is 5.75 Å². The Labute approximate surface area is 190 Å². The molecular formula is C24H26N2O7. The molecule has 0 saturated heterocycles. The molecule has 0 saturated carbocycles. The number of aromatic hydroxyl groups is 1. The number of ether oxygens (including phenoxy) is 2. The Morgan fingerprint density at radius 3 is 2.52 bits per heavy atom. The lowest BCUT2D eigenvalue weighted by atomic mass is 9.84. The number of carboxylic acids is 1. The van der Waals surface area contributed by atoms with Crippen molar-refractivity contribution in [1.82, 2.24) is 4.57 Å². The molecule has 1 aromatic heterocycles. The minimum absolute atomic E-state index is 0.0240. The maximum absolute atomic E-state index is 13.0. The highest BCUT2D eigenvalue weighted by molar-refractivity contribution is 6.00. The first-order chi connectivity index (χ1) is 15.7. The van der Waals surface area contributed by atoms with Gasteiger partial charge in [0.15, 0.2) is 0 Å². The smallest absolute Gasteiger partial charge is 0.341 e. The monoisotopic (exact) mass is 454 g/mol. The summed E-state index contributed by atoms with van der Waals surface area (Å²) in [6.07, 6.45) is 0.997. The largest absolute Gasteiger partial charge is 0.508 e. The molecule has 3 N–H and O–H groups in total. The molecule has 0 unspecified atom stereocenters. The van der Waals surface area contributed by atoms with Crippen molar-refractivity contribution in [3.63, 3.8) is 0 Å². The van der Waals surface area contributed by atoms with Crippen molar-refractivity contribution >= 4 is 28.6 Å². The second-order valence-electron chi connectivity index (χ2n) is 8.16. The number of carboxylic acid groups (broad SMARTS) is 1. The van der Waals surface area contributed by atoms with E-state index >= 15 is 0 Å². The van der Waals surface area contributed by atoms with E-state index in [0.29, 0.717) is 31.1 Å². The summed E-state index contributed by atoms with van der Waals surface area (Å²) < 4.78 is 11.6. The van der Waals surface area contributed by atoms with Crippen LogP contribution in [0.15, 0.2) is 53.5 Å². The lowest BCUT2D eigenvalue weighted by Crippen LogP contribution is -2.26. The van der Waals surface area contributed by atoms with Crippen LogP contribution in [0.3, 0.4) is 0 Å². The van der Waals surface area contributed by atoms with E-state index < -0.39 is 28.4 Å². The number of amides is 1. The first-order valence-corrected chi connectivity index (χ1v) is 10.2. The molecule has 0 atom stereocenters. The first kappa shape index (κ1) is 24.0. The van der Waals surface area contributed by atoms with Crippen molar-refractivity contribution in [1.29, 1.82) is 0 Å².